The minimum atomic E-state index is 0.372. The molecule has 0 atom stereocenters. The van der Waals surface area contributed by atoms with Crippen LogP contribution >= 0.6 is 15.9 Å². The van der Waals surface area contributed by atoms with Crippen LogP contribution in [0.1, 0.15) is 11.4 Å². The molecule has 0 spiro atoms. The molecule has 5 nitrogen and oxygen atoms in total. The molecule has 2 aromatic rings. The number of nitrogens with zero attached hydrogens (tertiary/aromatic N) is 3. The van der Waals surface area contributed by atoms with Gasteiger partial charge in [0.25, 0.3) is 0 Å². The normalized spacial score (nSPS) is 10.4. The fourth-order valence-electron chi connectivity index (χ4n) is 1.84. The Morgan fingerprint density at radius 1 is 1.50 bits per heavy atom. The Kier molecular flexibility index (Phi) is 5.30. The van der Waals surface area contributed by atoms with E-state index < -0.39 is 0 Å². The third-order valence-electron chi connectivity index (χ3n) is 2.82. The zero-order valence-electron chi connectivity index (χ0n) is 11.1. The predicted molar refractivity (Wildman–Crippen MR) is 79.6 cm³/mol. The van der Waals surface area contributed by atoms with Crippen LogP contribution in [0.4, 0.5) is 0 Å². The highest BCUT2D eigenvalue weighted by atomic mass is 79.9. The maximum atomic E-state index is 9.01. The van der Waals surface area contributed by atoms with Crippen molar-refractivity contribution in [3.63, 3.8) is 0 Å². The van der Waals surface area contributed by atoms with E-state index in [2.05, 4.69) is 32.3 Å². The first kappa shape index (κ1) is 14.7. The van der Waals surface area contributed by atoms with Crippen molar-refractivity contribution in [3.05, 3.63) is 46.5 Å². The zero-order chi connectivity index (χ0) is 14.4. The zero-order valence-corrected chi connectivity index (χ0v) is 12.7. The van der Waals surface area contributed by atoms with Gasteiger partial charge in [-0.05, 0) is 33.6 Å². The van der Waals surface area contributed by atoms with Crippen molar-refractivity contribution in [2.45, 2.75) is 6.54 Å². The lowest BCUT2D eigenvalue weighted by molar-refractivity contribution is 0.199. The van der Waals surface area contributed by atoms with Crippen LogP contribution in [-0.2, 0) is 11.3 Å². The summed E-state index contributed by atoms with van der Waals surface area (Å²) >= 11 is 3.54. The van der Waals surface area contributed by atoms with Crippen LogP contribution in [0, 0.1) is 11.3 Å². The first-order valence-corrected chi connectivity index (χ1v) is 6.97. The number of imidazole rings is 1. The van der Waals surface area contributed by atoms with Crippen LogP contribution < -0.4 is 5.32 Å². The highest BCUT2D eigenvalue weighted by Gasteiger charge is 2.08. The van der Waals surface area contributed by atoms with Crippen LogP contribution in [0.25, 0.3) is 5.69 Å². The average Bonchev–Trinajstić information content (AvgIpc) is 2.92. The second-order valence-corrected chi connectivity index (χ2v) is 5.04. The van der Waals surface area contributed by atoms with E-state index in [1.54, 1.807) is 24.1 Å². The lowest BCUT2D eigenvalue weighted by Gasteiger charge is -2.09. The molecule has 0 aliphatic carbocycles. The van der Waals surface area contributed by atoms with Gasteiger partial charge in [0.15, 0.2) is 0 Å². The fourth-order valence-corrected chi connectivity index (χ4v) is 2.46. The molecular formula is C14H15BrN4O. The molecule has 20 heavy (non-hydrogen) atoms. The Labute approximate surface area is 126 Å². The van der Waals surface area contributed by atoms with E-state index in [0.717, 1.165) is 28.8 Å². The van der Waals surface area contributed by atoms with Crippen LogP contribution in [0.5, 0.6) is 0 Å². The molecule has 1 N–H and O–H groups in total. The third kappa shape index (κ3) is 3.45. The number of methoxy groups -OCH3 is 1. The summed E-state index contributed by atoms with van der Waals surface area (Å²) in [7, 11) is 1.69. The first-order valence-electron chi connectivity index (χ1n) is 6.18. The predicted octanol–water partition coefficient (Wildman–Crippen LogP) is 2.24. The quantitative estimate of drug-likeness (QED) is 0.823. The number of halogens is 1. The van der Waals surface area contributed by atoms with Gasteiger partial charge in [-0.3, -0.25) is 4.57 Å². The fraction of sp³-hybridized carbons (Fsp3) is 0.286. The Balaban J connectivity index is 2.12. The number of ether oxygens (including phenoxy) is 1. The molecule has 1 aromatic carbocycles. The molecule has 0 unspecified atom stereocenters. The van der Waals surface area contributed by atoms with E-state index in [9.17, 15) is 0 Å². The molecule has 0 radical (unpaired) electrons. The van der Waals surface area contributed by atoms with Crippen LogP contribution in [0.2, 0.25) is 0 Å². The summed E-state index contributed by atoms with van der Waals surface area (Å²) in [4.78, 5) is 4.00. The lowest BCUT2D eigenvalue weighted by Crippen LogP contribution is -2.18. The summed E-state index contributed by atoms with van der Waals surface area (Å²) in [6.07, 6.45) is 3.39. The molecule has 0 aliphatic rings. The van der Waals surface area contributed by atoms with Crippen molar-refractivity contribution in [2.75, 3.05) is 20.3 Å². The molecule has 6 heteroatoms. The molecule has 1 heterocycles. The monoisotopic (exact) mass is 334 g/mol. The number of hydrogen-bond acceptors (Lipinski definition) is 4. The van der Waals surface area contributed by atoms with Gasteiger partial charge in [0, 0.05) is 37.1 Å². The van der Waals surface area contributed by atoms with Crippen molar-refractivity contribution < 1.29 is 4.74 Å². The Morgan fingerprint density at radius 2 is 2.35 bits per heavy atom. The molecule has 0 bridgehead atoms. The van der Waals surface area contributed by atoms with E-state index in [-0.39, 0.29) is 0 Å². The van der Waals surface area contributed by atoms with E-state index in [0.29, 0.717) is 12.4 Å². The van der Waals surface area contributed by atoms with Gasteiger partial charge in [-0.25, -0.2) is 4.98 Å². The van der Waals surface area contributed by atoms with Crippen LogP contribution in [0.15, 0.2) is 35.1 Å². The van der Waals surface area contributed by atoms with Gasteiger partial charge >= 0.3 is 0 Å². The number of benzene rings is 1. The van der Waals surface area contributed by atoms with Crippen LogP contribution in [-0.4, -0.2) is 29.8 Å². The minimum absolute atomic E-state index is 0.372. The lowest BCUT2D eigenvalue weighted by atomic mass is 10.2. The Hall–Kier alpha value is -1.68. The van der Waals surface area contributed by atoms with Gasteiger partial charge in [-0.2, -0.15) is 5.26 Å². The summed E-state index contributed by atoms with van der Waals surface area (Å²) < 4.78 is 7.67. The first-order chi connectivity index (χ1) is 9.76. The van der Waals surface area contributed by atoms with Crippen molar-refractivity contribution >= 4 is 15.9 Å². The standard InChI is InChI=1S/C14H15BrN4O/c1-20-7-5-17-10-11-2-3-13(12(15)8-11)19-6-4-18-14(19)9-16/h2-4,6,8,17H,5,7,10H2,1H3. The number of aromatic nitrogens is 2. The molecule has 0 aliphatic heterocycles. The van der Waals surface area contributed by atoms with E-state index in [1.807, 2.05) is 18.2 Å². The van der Waals surface area contributed by atoms with Gasteiger partial charge in [-0.15, -0.1) is 0 Å². The molecule has 0 amide bonds. The summed E-state index contributed by atoms with van der Waals surface area (Å²) in [6.45, 7) is 2.28. The molecule has 104 valence electrons. The highest BCUT2D eigenvalue weighted by molar-refractivity contribution is 9.10. The Morgan fingerprint density at radius 3 is 3.05 bits per heavy atom. The van der Waals surface area contributed by atoms with Crippen LogP contribution in [0.3, 0.4) is 0 Å². The highest BCUT2D eigenvalue weighted by Crippen LogP contribution is 2.23. The number of nitriles is 1. The summed E-state index contributed by atoms with van der Waals surface area (Å²) in [5.74, 6) is 0.372. The summed E-state index contributed by atoms with van der Waals surface area (Å²) in [5, 5.41) is 12.3. The average molecular weight is 335 g/mol. The van der Waals surface area contributed by atoms with Gasteiger partial charge in [-0.1, -0.05) is 6.07 Å². The SMILES string of the molecule is COCCNCc1ccc(-n2ccnc2C#N)c(Br)c1. The number of nitrogens with one attached hydrogen (secondary N) is 1. The minimum Gasteiger partial charge on any atom is -0.383 e. The van der Waals surface area contributed by atoms with Crippen molar-refractivity contribution in [3.8, 4) is 11.8 Å². The Bertz CT molecular complexity index is 618. The van der Waals surface area contributed by atoms with Gasteiger partial charge in [0.2, 0.25) is 5.82 Å². The summed E-state index contributed by atoms with van der Waals surface area (Å²) in [6, 6.07) is 8.11. The number of hydrogen-bond donors (Lipinski definition) is 1. The number of rotatable bonds is 6. The topological polar surface area (TPSA) is 62.9 Å². The van der Waals surface area contributed by atoms with E-state index in [4.69, 9.17) is 10.00 Å². The second kappa shape index (κ2) is 7.20. The molecule has 0 saturated carbocycles. The summed E-state index contributed by atoms with van der Waals surface area (Å²) in [5.41, 5.74) is 2.06. The smallest absolute Gasteiger partial charge is 0.217 e. The maximum absolute atomic E-state index is 9.01. The van der Waals surface area contributed by atoms with Gasteiger partial charge in [0.1, 0.15) is 6.07 Å². The van der Waals surface area contributed by atoms with Crippen molar-refractivity contribution in [2.24, 2.45) is 0 Å². The molecule has 0 fully saturated rings. The molecule has 0 saturated heterocycles. The molecular weight excluding hydrogens is 320 g/mol. The molecule has 1 aromatic heterocycles. The second-order valence-electron chi connectivity index (χ2n) is 4.19. The van der Waals surface area contributed by atoms with Crippen molar-refractivity contribution in [1.82, 2.24) is 14.9 Å². The molecule has 2 rings (SSSR count). The van der Waals surface area contributed by atoms with E-state index >= 15 is 0 Å². The maximum Gasteiger partial charge on any atom is 0.217 e. The van der Waals surface area contributed by atoms with Gasteiger partial charge in [0.05, 0.1) is 12.3 Å². The van der Waals surface area contributed by atoms with E-state index in [1.165, 1.54) is 0 Å². The van der Waals surface area contributed by atoms with Gasteiger partial charge < -0.3 is 10.1 Å². The largest absolute Gasteiger partial charge is 0.383 e. The third-order valence-corrected chi connectivity index (χ3v) is 3.46. The van der Waals surface area contributed by atoms with Crippen molar-refractivity contribution in [1.29, 1.82) is 5.26 Å².